The lowest BCUT2D eigenvalue weighted by molar-refractivity contribution is 1.15. The number of benzene rings is 5. The normalized spacial score (nSPS) is 14.4. The van der Waals surface area contributed by atoms with Crippen LogP contribution >= 0.6 is 0 Å². The molecule has 0 nitrogen and oxygen atoms in total. The fourth-order valence-corrected chi connectivity index (χ4v) is 9.01. The van der Waals surface area contributed by atoms with Gasteiger partial charge in [-0.1, -0.05) is 114 Å². The highest BCUT2D eigenvalue weighted by atomic mass is 14.3. The molecule has 0 bridgehead atoms. The third-order valence-electron chi connectivity index (χ3n) is 12.1. The van der Waals surface area contributed by atoms with E-state index in [-0.39, 0.29) is 0 Å². The van der Waals surface area contributed by atoms with Gasteiger partial charge in [-0.15, -0.1) is 0 Å². The van der Waals surface area contributed by atoms with Gasteiger partial charge in [-0.3, -0.25) is 0 Å². The Morgan fingerprint density at radius 3 is 1.29 bits per heavy atom. The Hall–Kier alpha value is -4.94. The Morgan fingerprint density at radius 1 is 0.365 bits per heavy atom. The Balaban J connectivity index is 0.000000109. The van der Waals surface area contributed by atoms with Crippen molar-refractivity contribution >= 4 is 40.6 Å². The smallest absolute Gasteiger partial charge is 0.00825 e. The number of aryl methyl sites for hydroxylation is 4. The van der Waals surface area contributed by atoms with Gasteiger partial charge >= 0.3 is 0 Å². The van der Waals surface area contributed by atoms with Crippen molar-refractivity contribution in [3.63, 3.8) is 0 Å². The molecular formula is C52H54. The van der Waals surface area contributed by atoms with Gasteiger partial charge in [-0.2, -0.15) is 0 Å². The average molecular weight is 679 g/mol. The van der Waals surface area contributed by atoms with E-state index in [0.29, 0.717) is 0 Å². The maximum atomic E-state index is 2.36. The van der Waals surface area contributed by atoms with Crippen molar-refractivity contribution in [3.05, 3.63) is 179 Å². The van der Waals surface area contributed by atoms with Gasteiger partial charge in [0.15, 0.2) is 0 Å². The predicted molar refractivity (Wildman–Crippen MR) is 229 cm³/mol. The molecular weight excluding hydrogens is 625 g/mol. The van der Waals surface area contributed by atoms with Crippen LogP contribution in [0.3, 0.4) is 0 Å². The molecule has 262 valence electrons. The van der Waals surface area contributed by atoms with Gasteiger partial charge in [-0.25, -0.2) is 0 Å². The molecule has 5 aromatic carbocycles. The maximum Gasteiger partial charge on any atom is -0.00825 e. The SMILES string of the molecule is CC1=CCc2c(C)c3c(c(C)c21)CC=C3.Cc1c2c(c(C)c3c1CC=C3)CC=C2.Cc1ccc(C)c2c1C=CC2.Cc1ccc2cc(C)ccc2c1. The van der Waals surface area contributed by atoms with Crippen LogP contribution in [0.25, 0.3) is 40.6 Å². The van der Waals surface area contributed by atoms with Crippen LogP contribution in [-0.4, -0.2) is 0 Å². The van der Waals surface area contributed by atoms with Crippen LogP contribution in [0.5, 0.6) is 0 Å². The monoisotopic (exact) mass is 678 g/mol. The van der Waals surface area contributed by atoms with Gasteiger partial charge < -0.3 is 0 Å². The van der Waals surface area contributed by atoms with Crippen LogP contribution < -0.4 is 0 Å². The summed E-state index contributed by atoms with van der Waals surface area (Å²) in [5.74, 6) is 0. The number of hydrogen-bond acceptors (Lipinski definition) is 0. The second-order valence-electron chi connectivity index (χ2n) is 15.5. The summed E-state index contributed by atoms with van der Waals surface area (Å²) >= 11 is 0. The maximum absolute atomic E-state index is 2.36. The van der Waals surface area contributed by atoms with Crippen molar-refractivity contribution in [2.75, 3.05) is 0 Å². The third-order valence-corrected chi connectivity index (χ3v) is 12.1. The molecule has 0 spiro atoms. The Bertz CT molecular complexity index is 2310. The summed E-state index contributed by atoms with van der Waals surface area (Å²) in [5.41, 5.74) is 28.2. The van der Waals surface area contributed by atoms with Crippen molar-refractivity contribution in [2.24, 2.45) is 0 Å². The van der Waals surface area contributed by atoms with Crippen LogP contribution in [0.1, 0.15) is 107 Å². The van der Waals surface area contributed by atoms with Crippen LogP contribution in [-0.2, 0) is 32.1 Å². The molecule has 5 aliphatic carbocycles. The van der Waals surface area contributed by atoms with E-state index in [1.54, 1.807) is 22.3 Å². The van der Waals surface area contributed by atoms with E-state index in [0.717, 1.165) is 32.1 Å². The standard InChI is InChI=1S/C15H16.C14H14.C12H12.C11H12/c1-9-7-8-14-10(2)12-5-4-6-13(12)11(3)15(9)14;1-9-11-5-3-7-13(11)10(2)14-8-4-6-12(9)14;1-9-3-5-12-8-10(2)4-6-11(12)7-9;1-8-6-7-9(2)11-5-3-4-10(8)11/h4-5,7H,6,8H2,1-3H3;3-5,8H,6-7H2,1-2H3;3-8H,1-2H3;3-4,6-7H,5H2,1-2H3. The van der Waals surface area contributed by atoms with Crippen molar-refractivity contribution in [3.8, 4) is 0 Å². The van der Waals surface area contributed by atoms with E-state index in [1.807, 2.05) is 0 Å². The molecule has 0 amide bonds. The minimum atomic E-state index is 1.13. The lowest BCUT2D eigenvalue weighted by atomic mass is 9.88. The highest BCUT2D eigenvalue weighted by molar-refractivity contribution is 5.84. The van der Waals surface area contributed by atoms with Crippen LogP contribution in [0, 0.1) is 55.4 Å². The molecule has 0 saturated carbocycles. The first-order valence-electron chi connectivity index (χ1n) is 19.2. The number of rotatable bonds is 0. The molecule has 0 aliphatic heterocycles. The van der Waals surface area contributed by atoms with Gasteiger partial charge in [0.25, 0.3) is 0 Å². The summed E-state index contributed by atoms with van der Waals surface area (Å²) < 4.78 is 0. The Kier molecular flexibility index (Phi) is 9.95. The van der Waals surface area contributed by atoms with Crippen LogP contribution in [0.2, 0.25) is 0 Å². The van der Waals surface area contributed by atoms with E-state index >= 15 is 0 Å². The van der Waals surface area contributed by atoms with Gasteiger partial charge in [-0.05, 0) is 200 Å². The van der Waals surface area contributed by atoms with E-state index in [9.17, 15) is 0 Å². The molecule has 0 heterocycles. The zero-order chi connectivity index (χ0) is 36.7. The molecule has 0 atom stereocenters. The molecule has 10 rings (SSSR count). The van der Waals surface area contributed by atoms with Gasteiger partial charge in [0.05, 0.1) is 0 Å². The molecule has 0 N–H and O–H groups in total. The number of fused-ring (bicyclic) bond motifs is 6. The Morgan fingerprint density at radius 2 is 0.788 bits per heavy atom. The summed E-state index contributed by atoms with van der Waals surface area (Å²) in [5, 5.41) is 2.67. The van der Waals surface area contributed by atoms with Gasteiger partial charge in [0, 0.05) is 0 Å². The largest absolute Gasteiger partial charge is 0.0795 e. The summed E-state index contributed by atoms with van der Waals surface area (Å²) in [4.78, 5) is 0. The molecule has 5 aromatic rings. The second-order valence-corrected chi connectivity index (χ2v) is 15.5. The van der Waals surface area contributed by atoms with Crippen molar-refractivity contribution in [1.29, 1.82) is 0 Å². The fraction of sp³-hybridized carbons (Fsp3) is 0.269. The second kappa shape index (κ2) is 14.6. The summed E-state index contributed by atoms with van der Waals surface area (Å²) in [6.07, 6.45) is 26.2. The van der Waals surface area contributed by atoms with Crippen LogP contribution in [0.4, 0.5) is 0 Å². The van der Waals surface area contributed by atoms with Crippen molar-refractivity contribution in [2.45, 2.75) is 94.4 Å². The van der Waals surface area contributed by atoms with E-state index in [2.05, 4.69) is 166 Å². The predicted octanol–water partition coefficient (Wildman–Crippen LogP) is 13.6. The number of hydrogen-bond donors (Lipinski definition) is 0. The minimum absolute atomic E-state index is 1.13. The Labute approximate surface area is 313 Å². The lowest BCUT2D eigenvalue weighted by Crippen LogP contribution is -2.00. The topological polar surface area (TPSA) is 0 Å². The first-order chi connectivity index (χ1) is 25.0. The molecule has 0 heteroatoms. The molecule has 0 unspecified atom stereocenters. The summed E-state index contributed by atoms with van der Waals surface area (Å²) in [7, 11) is 0. The zero-order valence-corrected chi connectivity index (χ0v) is 32.9. The van der Waals surface area contributed by atoms with E-state index in [4.69, 9.17) is 0 Å². The highest BCUT2D eigenvalue weighted by Gasteiger charge is 2.23. The fourth-order valence-electron chi connectivity index (χ4n) is 9.01. The average Bonchev–Trinajstić information content (AvgIpc) is 3.98. The van der Waals surface area contributed by atoms with Crippen LogP contribution in [0.15, 0.2) is 78.9 Å². The minimum Gasteiger partial charge on any atom is -0.0795 e. The van der Waals surface area contributed by atoms with Gasteiger partial charge in [0.1, 0.15) is 0 Å². The summed E-state index contributed by atoms with van der Waals surface area (Å²) in [6, 6.07) is 17.5. The lowest BCUT2D eigenvalue weighted by Gasteiger charge is -2.16. The zero-order valence-electron chi connectivity index (χ0n) is 32.9. The van der Waals surface area contributed by atoms with Gasteiger partial charge in [0.2, 0.25) is 0 Å². The summed E-state index contributed by atoms with van der Waals surface area (Å²) in [6.45, 7) is 19.9. The third kappa shape index (κ3) is 6.61. The first-order valence-corrected chi connectivity index (χ1v) is 19.2. The number of allylic oxidation sites excluding steroid dienone is 6. The molecule has 0 radical (unpaired) electrons. The molecule has 5 aliphatic rings. The molecule has 0 aromatic heterocycles. The highest BCUT2D eigenvalue weighted by Crippen LogP contribution is 2.39. The van der Waals surface area contributed by atoms with Crippen molar-refractivity contribution < 1.29 is 0 Å². The van der Waals surface area contributed by atoms with Crippen molar-refractivity contribution in [1.82, 2.24) is 0 Å². The first kappa shape index (κ1) is 35.5. The quantitative estimate of drug-likeness (QED) is 0.153. The van der Waals surface area contributed by atoms with E-state index in [1.165, 1.54) is 94.2 Å². The molecule has 0 fully saturated rings. The van der Waals surface area contributed by atoms with E-state index < -0.39 is 0 Å². The molecule has 52 heavy (non-hydrogen) atoms. The molecule has 0 saturated heterocycles.